The van der Waals surface area contributed by atoms with E-state index in [2.05, 4.69) is 15.3 Å². The lowest BCUT2D eigenvalue weighted by atomic mass is 10.1. The molecule has 3 heterocycles. The average Bonchev–Trinajstić information content (AvgIpc) is 2.62. The fraction of sp³-hybridized carbons (Fsp3) is 0.316. The third-order valence-electron chi connectivity index (χ3n) is 4.12. The summed E-state index contributed by atoms with van der Waals surface area (Å²) in [5.74, 6) is 0.692. The standard InChI is InChI=1S/C19H22ClN5O2/c1-2-5-25-10-14(3-4-19(25)26)22-8-13(7-21)16-9-23-18(6-17(16)20)24-15-11-27-12-15/h3-4,6-10,15H,2,5,11-12,21H2,1H3,(H,23,24). The molecule has 7 nitrogen and oxygen atoms in total. The van der Waals surface area contributed by atoms with E-state index >= 15 is 0 Å². The number of aliphatic imine (C=N–C) groups is 1. The number of aryl methyl sites for hydroxylation is 1. The van der Waals surface area contributed by atoms with Crippen LogP contribution in [0.25, 0.3) is 5.57 Å². The van der Waals surface area contributed by atoms with Gasteiger partial charge >= 0.3 is 0 Å². The predicted octanol–water partition coefficient (Wildman–Crippen LogP) is 2.82. The predicted molar refractivity (Wildman–Crippen MR) is 109 cm³/mol. The molecule has 0 unspecified atom stereocenters. The zero-order chi connectivity index (χ0) is 19.2. The second-order valence-electron chi connectivity index (χ2n) is 6.23. The first-order chi connectivity index (χ1) is 13.1. The van der Waals surface area contributed by atoms with Crippen LogP contribution in [-0.2, 0) is 11.3 Å². The smallest absolute Gasteiger partial charge is 0.250 e. The zero-order valence-electron chi connectivity index (χ0n) is 15.1. The lowest BCUT2D eigenvalue weighted by molar-refractivity contribution is 0.0209. The molecule has 3 rings (SSSR count). The largest absolute Gasteiger partial charge is 0.404 e. The number of halogens is 1. The van der Waals surface area contributed by atoms with Gasteiger partial charge in [-0.25, -0.2) is 4.98 Å². The summed E-state index contributed by atoms with van der Waals surface area (Å²) in [4.78, 5) is 20.6. The first kappa shape index (κ1) is 19.1. The first-order valence-corrected chi connectivity index (χ1v) is 9.15. The van der Waals surface area contributed by atoms with Gasteiger partial charge < -0.3 is 20.4 Å². The van der Waals surface area contributed by atoms with E-state index in [0.29, 0.717) is 47.4 Å². The summed E-state index contributed by atoms with van der Waals surface area (Å²) in [6, 6.07) is 5.21. The van der Waals surface area contributed by atoms with Crippen LogP contribution in [0, 0.1) is 0 Å². The Labute approximate surface area is 162 Å². The Morgan fingerprint density at radius 2 is 2.33 bits per heavy atom. The highest BCUT2D eigenvalue weighted by Crippen LogP contribution is 2.25. The quantitative estimate of drug-likeness (QED) is 0.712. The molecule has 0 radical (unpaired) electrons. The number of hydrogen-bond acceptors (Lipinski definition) is 6. The van der Waals surface area contributed by atoms with E-state index in [0.717, 1.165) is 6.42 Å². The Kier molecular flexibility index (Phi) is 6.26. The minimum atomic E-state index is -0.0439. The summed E-state index contributed by atoms with van der Waals surface area (Å²) >= 11 is 6.40. The Balaban J connectivity index is 1.78. The Morgan fingerprint density at radius 3 is 2.96 bits per heavy atom. The number of allylic oxidation sites excluding steroid dienone is 1. The molecular weight excluding hydrogens is 366 g/mol. The van der Waals surface area contributed by atoms with Crippen molar-refractivity contribution in [3.63, 3.8) is 0 Å². The van der Waals surface area contributed by atoms with Gasteiger partial charge in [0.15, 0.2) is 0 Å². The van der Waals surface area contributed by atoms with E-state index in [1.54, 1.807) is 35.3 Å². The summed E-state index contributed by atoms with van der Waals surface area (Å²) in [6.45, 7) is 4.00. The van der Waals surface area contributed by atoms with Gasteiger partial charge in [0.05, 0.1) is 30.0 Å². The summed E-state index contributed by atoms with van der Waals surface area (Å²) in [5, 5.41) is 3.77. The van der Waals surface area contributed by atoms with Gasteiger partial charge in [-0.05, 0) is 18.6 Å². The molecule has 0 aliphatic carbocycles. The number of nitrogens with one attached hydrogen (secondary N) is 1. The molecular formula is C19H22ClN5O2. The molecule has 0 saturated carbocycles. The SMILES string of the molecule is CCCn1cc(N=CC(=CN)c2cnc(NC3COC3)cc2Cl)ccc1=O. The van der Waals surface area contributed by atoms with Crippen LogP contribution in [0.15, 0.2) is 46.6 Å². The van der Waals surface area contributed by atoms with Crippen LogP contribution >= 0.6 is 11.6 Å². The molecule has 27 heavy (non-hydrogen) atoms. The van der Waals surface area contributed by atoms with Crippen LogP contribution in [-0.4, -0.2) is 35.0 Å². The van der Waals surface area contributed by atoms with Gasteiger partial charge in [-0.2, -0.15) is 0 Å². The molecule has 1 fully saturated rings. The fourth-order valence-corrected chi connectivity index (χ4v) is 2.87. The lowest BCUT2D eigenvalue weighted by Gasteiger charge is -2.27. The summed E-state index contributed by atoms with van der Waals surface area (Å²) in [6.07, 6.45) is 7.31. The van der Waals surface area contributed by atoms with Crippen molar-refractivity contribution >= 4 is 34.9 Å². The Hall–Kier alpha value is -2.64. The Bertz CT molecular complexity index is 919. The zero-order valence-corrected chi connectivity index (χ0v) is 15.8. The van der Waals surface area contributed by atoms with E-state index < -0.39 is 0 Å². The van der Waals surface area contributed by atoms with Crippen molar-refractivity contribution in [2.75, 3.05) is 18.5 Å². The van der Waals surface area contributed by atoms with Gasteiger partial charge in [-0.1, -0.05) is 18.5 Å². The van der Waals surface area contributed by atoms with Crippen LogP contribution in [0.2, 0.25) is 5.02 Å². The van der Waals surface area contributed by atoms with Crippen molar-refractivity contribution in [1.82, 2.24) is 9.55 Å². The molecule has 1 aliphatic heterocycles. The second kappa shape index (κ2) is 8.83. The number of pyridine rings is 2. The highest BCUT2D eigenvalue weighted by molar-refractivity contribution is 6.34. The number of nitrogens with zero attached hydrogens (tertiary/aromatic N) is 3. The average molecular weight is 388 g/mol. The van der Waals surface area contributed by atoms with Gasteiger partial charge in [0.2, 0.25) is 0 Å². The molecule has 0 bridgehead atoms. The molecule has 0 atom stereocenters. The maximum Gasteiger partial charge on any atom is 0.250 e. The number of nitrogens with two attached hydrogens (primary N) is 1. The van der Waals surface area contributed by atoms with Gasteiger partial charge in [-0.15, -0.1) is 0 Å². The highest BCUT2D eigenvalue weighted by atomic mass is 35.5. The van der Waals surface area contributed by atoms with E-state index in [4.69, 9.17) is 22.1 Å². The normalized spacial score (nSPS) is 15.1. The van der Waals surface area contributed by atoms with Crippen LogP contribution in [0.5, 0.6) is 0 Å². The van der Waals surface area contributed by atoms with Crippen molar-refractivity contribution in [2.24, 2.45) is 10.7 Å². The lowest BCUT2D eigenvalue weighted by Crippen LogP contribution is -2.40. The third kappa shape index (κ3) is 4.75. The van der Waals surface area contributed by atoms with E-state index in [9.17, 15) is 4.79 Å². The van der Waals surface area contributed by atoms with Crippen molar-refractivity contribution in [2.45, 2.75) is 25.9 Å². The highest BCUT2D eigenvalue weighted by Gasteiger charge is 2.18. The molecule has 2 aromatic rings. The second-order valence-corrected chi connectivity index (χ2v) is 6.63. The molecule has 2 aromatic heterocycles. The van der Waals surface area contributed by atoms with E-state index in [1.807, 2.05) is 6.92 Å². The minimum Gasteiger partial charge on any atom is -0.404 e. The van der Waals surface area contributed by atoms with Crippen LogP contribution in [0.3, 0.4) is 0 Å². The van der Waals surface area contributed by atoms with Crippen LogP contribution in [0.1, 0.15) is 18.9 Å². The van der Waals surface area contributed by atoms with Gasteiger partial charge in [-0.3, -0.25) is 9.79 Å². The number of rotatable bonds is 7. The topological polar surface area (TPSA) is 94.5 Å². The number of hydrogen-bond donors (Lipinski definition) is 2. The molecule has 0 spiro atoms. The van der Waals surface area contributed by atoms with Crippen molar-refractivity contribution < 1.29 is 4.74 Å². The number of anilines is 1. The molecule has 142 valence electrons. The van der Waals surface area contributed by atoms with Crippen LogP contribution in [0.4, 0.5) is 11.5 Å². The van der Waals surface area contributed by atoms with Crippen molar-refractivity contribution in [3.05, 3.63) is 57.7 Å². The van der Waals surface area contributed by atoms with Crippen LogP contribution < -0.4 is 16.6 Å². The summed E-state index contributed by atoms with van der Waals surface area (Å²) < 4.78 is 6.77. The third-order valence-corrected chi connectivity index (χ3v) is 4.43. The van der Waals surface area contributed by atoms with Gasteiger partial charge in [0, 0.05) is 48.6 Å². The maximum absolute atomic E-state index is 11.8. The molecule has 3 N–H and O–H groups in total. The molecule has 0 amide bonds. The van der Waals surface area contributed by atoms with E-state index in [-0.39, 0.29) is 11.6 Å². The van der Waals surface area contributed by atoms with Crippen molar-refractivity contribution in [3.8, 4) is 0 Å². The number of aromatic nitrogens is 2. The Morgan fingerprint density at radius 1 is 1.52 bits per heavy atom. The molecule has 1 aliphatic rings. The maximum atomic E-state index is 11.8. The first-order valence-electron chi connectivity index (χ1n) is 8.77. The monoisotopic (exact) mass is 387 g/mol. The van der Waals surface area contributed by atoms with Gasteiger partial charge in [0.25, 0.3) is 5.56 Å². The summed E-state index contributed by atoms with van der Waals surface area (Å²) in [5.41, 5.74) is 7.70. The van der Waals surface area contributed by atoms with Crippen molar-refractivity contribution in [1.29, 1.82) is 0 Å². The van der Waals surface area contributed by atoms with Gasteiger partial charge in [0.1, 0.15) is 5.82 Å². The number of ether oxygens (including phenoxy) is 1. The van der Waals surface area contributed by atoms with E-state index in [1.165, 1.54) is 12.3 Å². The molecule has 8 heteroatoms. The minimum absolute atomic E-state index is 0.0439. The fourth-order valence-electron chi connectivity index (χ4n) is 2.61. The molecule has 0 aromatic carbocycles. The summed E-state index contributed by atoms with van der Waals surface area (Å²) in [7, 11) is 0. The molecule has 1 saturated heterocycles.